The predicted molar refractivity (Wildman–Crippen MR) is 69.2 cm³/mol. The van der Waals surface area contributed by atoms with E-state index in [0.717, 1.165) is 0 Å². The Labute approximate surface area is 111 Å². The molecule has 0 radical (unpaired) electrons. The minimum atomic E-state index is -1.03. The molecule has 4 nitrogen and oxygen atoms in total. The van der Waals surface area contributed by atoms with Crippen LogP contribution in [0.25, 0.3) is 0 Å². The molecule has 1 unspecified atom stereocenters. The fraction of sp³-hybridized carbons (Fsp3) is 0.429. The van der Waals surface area contributed by atoms with Crippen LogP contribution in [-0.2, 0) is 9.59 Å². The highest BCUT2D eigenvalue weighted by atomic mass is 19.1. The molecule has 0 heterocycles. The van der Waals surface area contributed by atoms with Crippen molar-refractivity contribution in [2.24, 2.45) is 5.41 Å². The first-order valence-corrected chi connectivity index (χ1v) is 6.00. The zero-order valence-corrected chi connectivity index (χ0v) is 11.2. The molecule has 0 bridgehead atoms. The fourth-order valence-corrected chi connectivity index (χ4v) is 1.46. The Hall–Kier alpha value is -1.91. The van der Waals surface area contributed by atoms with Crippen LogP contribution in [0.1, 0.15) is 32.3 Å². The highest BCUT2D eigenvalue weighted by Gasteiger charge is 2.28. The number of nitrogens with one attached hydrogen (secondary N) is 1. The summed E-state index contributed by atoms with van der Waals surface area (Å²) in [5, 5.41) is 11.5. The van der Waals surface area contributed by atoms with Gasteiger partial charge in [0.15, 0.2) is 0 Å². The Morgan fingerprint density at radius 1 is 1.42 bits per heavy atom. The summed E-state index contributed by atoms with van der Waals surface area (Å²) in [6, 6.07) is 5.81. The van der Waals surface area contributed by atoms with Crippen LogP contribution in [-0.4, -0.2) is 23.5 Å². The molecule has 0 aliphatic carbocycles. The van der Waals surface area contributed by atoms with Gasteiger partial charge in [0, 0.05) is 6.54 Å². The molecule has 1 rings (SSSR count). The first-order chi connectivity index (χ1) is 8.74. The molecule has 2 N–H and O–H groups in total. The van der Waals surface area contributed by atoms with E-state index in [1.807, 2.05) is 0 Å². The maximum atomic E-state index is 13.1. The van der Waals surface area contributed by atoms with E-state index in [2.05, 4.69) is 5.32 Å². The number of benzene rings is 1. The second-order valence-electron chi connectivity index (χ2n) is 5.18. The molecule has 0 saturated carbocycles. The van der Waals surface area contributed by atoms with Gasteiger partial charge in [-0.15, -0.1) is 0 Å². The average molecular weight is 267 g/mol. The Morgan fingerprint density at radius 2 is 2.05 bits per heavy atom. The number of halogens is 1. The zero-order chi connectivity index (χ0) is 14.6. The molecular weight excluding hydrogens is 249 g/mol. The minimum absolute atomic E-state index is 0.0286. The van der Waals surface area contributed by atoms with Crippen LogP contribution >= 0.6 is 0 Å². The molecule has 0 spiro atoms. The quantitative estimate of drug-likeness (QED) is 0.859. The Kier molecular flexibility index (Phi) is 4.64. The molecule has 1 amide bonds. The number of carboxylic acid groups (broad SMARTS) is 1. The lowest BCUT2D eigenvalue weighted by Gasteiger charge is -2.21. The van der Waals surface area contributed by atoms with Gasteiger partial charge >= 0.3 is 5.97 Å². The number of rotatable bonds is 5. The van der Waals surface area contributed by atoms with E-state index in [1.54, 1.807) is 13.0 Å². The van der Waals surface area contributed by atoms with E-state index in [4.69, 9.17) is 5.11 Å². The SMILES string of the molecule is CC(C(=O)NCC(C)(C)C(=O)O)c1cccc(F)c1. The van der Waals surface area contributed by atoms with Crippen LogP contribution in [0.4, 0.5) is 4.39 Å². The summed E-state index contributed by atoms with van der Waals surface area (Å²) >= 11 is 0. The summed E-state index contributed by atoms with van der Waals surface area (Å²) in [5.41, 5.74) is -0.470. The van der Waals surface area contributed by atoms with Crippen LogP contribution in [0.3, 0.4) is 0 Å². The zero-order valence-electron chi connectivity index (χ0n) is 11.2. The number of aliphatic carboxylic acids is 1. The van der Waals surface area contributed by atoms with Gasteiger partial charge in [-0.1, -0.05) is 12.1 Å². The molecule has 0 fully saturated rings. The maximum Gasteiger partial charge on any atom is 0.310 e. The third kappa shape index (κ3) is 4.05. The second kappa shape index (κ2) is 5.82. The Bertz CT molecular complexity index is 485. The standard InChI is InChI=1S/C14H18FNO3/c1-9(10-5-4-6-11(15)7-10)12(17)16-8-14(2,3)13(18)19/h4-7,9H,8H2,1-3H3,(H,16,17)(H,18,19). The van der Waals surface area contributed by atoms with Gasteiger partial charge in [0.25, 0.3) is 0 Å². The van der Waals surface area contributed by atoms with Crippen molar-refractivity contribution in [2.45, 2.75) is 26.7 Å². The van der Waals surface area contributed by atoms with E-state index < -0.39 is 23.1 Å². The van der Waals surface area contributed by atoms with Crippen molar-refractivity contribution >= 4 is 11.9 Å². The number of hydrogen-bond donors (Lipinski definition) is 2. The fourth-order valence-electron chi connectivity index (χ4n) is 1.46. The number of hydrogen-bond acceptors (Lipinski definition) is 2. The largest absolute Gasteiger partial charge is 0.481 e. The van der Waals surface area contributed by atoms with Crippen LogP contribution in [0.5, 0.6) is 0 Å². The van der Waals surface area contributed by atoms with Gasteiger partial charge in [0.2, 0.25) is 5.91 Å². The third-order valence-corrected chi connectivity index (χ3v) is 3.03. The molecule has 0 aliphatic rings. The molecule has 1 aromatic carbocycles. The predicted octanol–water partition coefficient (Wildman–Crippen LogP) is 2.16. The topological polar surface area (TPSA) is 66.4 Å². The first kappa shape index (κ1) is 15.1. The van der Waals surface area contributed by atoms with Crippen molar-refractivity contribution in [2.75, 3.05) is 6.54 Å². The summed E-state index contributed by atoms with van der Waals surface area (Å²) in [6.45, 7) is 4.74. The lowest BCUT2D eigenvalue weighted by molar-refractivity contribution is -0.146. The maximum absolute atomic E-state index is 13.1. The number of carbonyl (C=O) groups is 2. The van der Waals surface area contributed by atoms with Crippen LogP contribution in [0.15, 0.2) is 24.3 Å². The van der Waals surface area contributed by atoms with Crippen molar-refractivity contribution in [1.82, 2.24) is 5.32 Å². The lowest BCUT2D eigenvalue weighted by atomic mass is 9.93. The van der Waals surface area contributed by atoms with Gasteiger partial charge < -0.3 is 10.4 Å². The van der Waals surface area contributed by atoms with Gasteiger partial charge in [0.1, 0.15) is 5.82 Å². The molecule has 19 heavy (non-hydrogen) atoms. The van der Waals surface area contributed by atoms with Crippen LogP contribution in [0.2, 0.25) is 0 Å². The van der Waals surface area contributed by atoms with Crippen LogP contribution < -0.4 is 5.32 Å². The summed E-state index contributed by atoms with van der Waals surface area (Å²) in [5.74, 6) is -2.23. The molecule has 0 aliphatic heterocycles. The van der Waals surface area contributed by atoms with Gasteiger partial charge in [-0.25, -0.2) is 4.39 Å². The average Bonchev–Trinajstić information content (AvgIpc) is 2.35. The van der Waals surface area contributed by atoms with E-state index in [9.17, 15) is 14.0 Å². The van der Waals surface area contributed by atoms with Crippen molar-refractivity contribution in [3.63, 3.8) is 0 Å². The van der Waals surface area contributed by atoms with Gasteiger partial charge in [0.05, 0.1) is 11.3 Å². The number of carbonyl (C=O) groups excluding carboxylic acids is 1. The number of amides is 1. The molecular formula is C14H18FNO3. The molecule has 1 aromatic rings. The molecule has 1 atom stereocenters. The summed E-state index contributed by atoms with van der Waals surface area (Å²) < 4.78 is 13.1. The highest BCUT2D eigenvalue weighted by Crippen LogP contribution is 2.18. The molecule has 0 aromatic heterocycles. The second-order valence-corrected chi connectivity index (χ2v) is 5.18. The molecule has 104 valence electrons. The van der Waals surface area contributed by atoms with E-state index in [0.29, 0.717) is 5.56 Å². The Morgan fingerprint density at radius 3 is 2.58 bits per heavy atom. The lowest BCUT2D eigenvalue weighted by Crippen LogP contribution is -2.40. The van der Waals surface area contributed by atoms with Crippen molar-refractivity contribution in [1.29, 1.82) is 0 Å². The van der Waals surface area contributed by atoms with Crippen molar-refractivity contribution in [3.05, 3.63) is 35.6 Å². The van der Waals surface area contributed by atoms with Crippen molar-refractivity contribution < 1.29 is 19.1 Å². The first-order valence-electron chi connectivity index (χ1n) is 6.00. The smallest absolute Gasteiger partial charge is 0.310 e. The van der Waals surface area contributed by atoms with E-state index in [-0.39, 0.29) is 12.5 Å². The highest BCUT2D eigenvalue weighted by molar-refractivity contribution is 5.84. The van der Waals surface area contributed by atoms with Crippen molar-refractivity contribution in [3.8, 4) is 0 Å². The van der Waals surface area contributed by atoms with E-state index in [1.165, 1.54) is 32.0 Å². The summed E-state index contributed by atoms with van der Waals surface area (Å²) in [6.07, 6.45) is 0. The summed E-state index contributed by atoms with van der Waals surface area (Å²) in [7, 11) is 0. The normalized spacial score (nSPS) is 12.8. The van der Waals surface area contributed by atoms with Gasteiger partial charge in [-0.3, -0.25) is 9.59 Å². The van der Waals surface area contributed by atoms with E-state index >= 15 is 0 Å². The minimum Gasteiger partial charge on any atom is -0.481 e. The summed E-state index contributed by atoms with van der Waals surface area (Å²) in [4.78, 5) is 22.8. The van der Waals surface area contributed by atoms with Gasteiger partial charge in [-0.2, -0.15) is 0 Å². The number of carboxylic acids is 1. The van der Waals surface area contributed by atoms with Gasteiger partial charge in [-0.05, 0) is 38.5 Å². The molecule has 0 saturated heterocycles. The molecule has 5 heteroatoms. The van der Waals surface area contributed by atoms with Crippen LogP contribution in [0, 0.1) is 11.2 Å². The third-order valence-electron chi connectivity index (χ3n) is 3.03. The Balaban J connectivity index is 2.66. The monoisotopic (exact) mass is 267 g/mol.